The maximum absolute atomic E-state index is 13.2. The van der Waals surface area contributed by atoms with Crippen molar-refractivity contribution in [3.63, 3.8) is 0 Å². The maximum atomic E-state index is 13.2. The van der Waals surface area contributed by atoms with Crippen molar-refractivity contribution in [3.05, 3.63) is 48.2 Å². The van der Waals surface area contributed by atoms with E-state index in [9.17, 15) is 22.8 Å². The molecule has 1 N–H and O–H groups in total. The van der Waals surface area contributed by atoms with Crippen LogP contribution in [-0.4, -0.2) is 39.8 Å². The van der Waals surface area contributed by atoms with Gasteiger partial charge in [0.25, 0.3) is 5.91 Å². The third-order valence-corrected chi connectivity index (χ3v) is 6.27. The number of halogens is 3. The highest BCUT2D eigenvalue weighted by molar-refractivity contribution is 6.22. The highest BCUT2D eigenvalue weighted by atomic mass is 19.4. The van der Waals surface area contributed by atoms with Crippen molar-refractivity contribution in [2.45, 2.75) is 70.4 Å². The summed E-state index contributed by atoms with van der Waals surface area (Å²) >= 11 is 0. The number of carbonyl (C=O) groups is 2. The van der Waals surface area contributed by atoms with E-state index in [4.69, 9.17) is 0 Å². The highest BCUT2D eigenvalue weighted by Crippen LogP contribution is 2.35. The Kier molecular flexibility index (Phi) is 6.42. The molecule has 0 bridgehead atoms. The van der Waals surface area contributed by atoms with Crippen molar-refractivity contribution in [2.75, 3.05) is 10.2 Å². The summed E-state index contributed by atoms with van der Waals surface area (Å²) in [5.41, 5.74) is -0.147. The smallest absolute Gasteiger partial charge is 0.406 e. The molecule has 2 fully saturated rings. The molecular weight excluding hydrogens is 449 g/mol. The fourth-order valence-corrected chi connectivity index (χ4v) is 4.42. The molecule has 1 aliphatic carbocycles. The molecule has 3 amide bonds. The molecule has 1 aromatic heterocycles. The van der Waals surface area contributed by atoms with Gasteiger partial charge in [0, 0.05) is 18.8 Å². The Morgan fingerprint density at radius 2 is 1.76 bits per heavy atom. The molecule has 0 radical (unpaired) electrons. The fourth-order valence-electron chi connectivity index (χ4n) is 4.42. The fraction of sp³-hybridized carbons (Fsp3) is 0.458. The molecule has 2 heterocycles. The van der Waals surface area contributed by atoms with Gasteiger partial charge in [0.1, 0.15) is 17.1 Å². The second-order valence-electron chi connectivity index (χ2n) is 9.14. The minimum Gasteiger partial charge on any atom is -0.406 e. The van der Waals surface area contributed by atoms with E-state index in [1.54, 1.807) is 26.1 Å². The zero-order valence-electron chi connectivity index (χ0n) is 19.1. The first-order chi connectivity index (χ1) is 16.0. The van der Waals surface area contributed by atoms with Gasteiger partial charge in [-0.05, 0) is 68.7 Å². The summed E-state index contributed by atoms with van der Waals surface area (Å²) in [5.74, 6) is -0.157. The molecule has 0 unspecified atom stereocenters. The summed E-state index contributed by atoms with van der Waals surface area (Å²) in [5, 5.41) is 3.46. The summed E-state index contributed by atoms with van der Waals surface area (Å²) in [4.78, 5) is 33.2. The average molecular weight is 476 g/mol. The van der Waals surface area contributed by atoms with Crippen molar-refractivity contribution < 1.29 is 27.5 Å². The van der Waals surface area contributed by atoms with E-state index in [1.165, 1.54) is 36.3 Å². The van der Waals surface area contributed by atoms with Gasteiger partial charge in [-0.3, -0.25) is 4.79 Å². The number of carbonyl (C=O) groups excluding carboxylic acids is 2. The van der Waals surface area contributed by atoms with Crippen LogP contribution in [0.25, 0.3) is 0 Å². The maximum Gasteiger partial charge on any atom is 0.573 e. The molecule has 10 heteroatoms. The molecular formula is C24H27F3N4O3. The summed E-state index contributed by atoms with van der Waals surface area (Å²) in [7, 11) is 0. The van der Waals surface area contributed by atoms with Gasteiger partial charge >= 0.3 is 12.4 Å². The first kappa shape index (κ1) is 23.8. The van der Waals surface area contributed by atoms with Crippen molar-refractivity contribution in [3.8, 4) is 5.75 Å². The van der Waals surface area contributed by atoms with Gasteiger partial charge in [-0.1, -0.05) is 19.3 Å². The molecule has 4 rings (SSSR count). The second-order valence-corrected chi connectivity index (χ2v) is 9.14. The van der Waals surface area contributed by atoms with Crippen LogP contribution in [0.5, 0.6) is 5.75 Å². The van der Waals surface area contributed by atoms with Crippen LogP contribution in [0.15, 0.2) is 42.6 Å². The van der Waals surface area contributed by atoms with Crippen LogP contribution in [0, 0.1) is 0 Å². The lowest BCUT2D eigenvalue weighted by Crippen LogP contribution is -2.43. The Morgan fingerprint density at radius 1 is 1.09 bits per heavy atom. The first-order valence-electron chi connectivity index (χ1n) is 11.3. The summed E-state index contributed by atoms with van der Waals surface area (Å²) in [6.45, 7) is 3.48. The van der Waals surface area contributed by atoms with E-state index in [1.807, 2.05) is 6.07 Å². The number of ether oxygens (including phenoxy) is 1. The van der Waals surface area contributed by atoms with Gasteiger partial charge in [0.05, 0.1) is 5.69 Å². The van der Waals surface area contributed by atoms with Crippen LogP contribution in [0.4, 0.5) is 29.5 Å². The highest BCUT2D eigenvalue weighted by Gasteiger charge is 2.51. The van der Waals surface area contributed by atoms with Gasteiger partial charge in [-0.15, -0.1) is 13.2 Å². The average Bonchev–Trinajstić information content (AvgIpc) is 2.94. The number of anilines is 2. The topological polar surface area (TPSA) is 74.8 Å². The van der Waals surface area contributed by atoms with Gasteiger partial charge < -0.3 is 15.0 Å². The number of alkyl halides is 3. The number of benzene rings is 1. The Balaban J connectivity index is 1.50. The van der Waals surface area contributed by atoms with E-state index in [2.05, 4.69) is 15.0 Å². The SMILES string of the molecule is CC1(C)C(=O)N(c2ccc(OC(F)(F)F)cc2)C(=O)N1Cc1ccnc(NC2CCCCC2)c1. The predicted molar refractivity (Wildman–Crippen MR) is 120 cm³/mol. The number of nitrogens with zero attached hydrogens (tertiary/aromatic N) is 3. The molecule has 1 saturated heterocycles. The van der Waals surface area contributed by atoms with Crippen molar-refractivity contribution >= 4 is 23.4 Å². The lowest BCUT2D eigenvalue weighted by Gasteiger charge is -2.28. The van der Waals surface area contributed by atoms with Crippen LogP contribution in [-0.2, 0) is 11.3 Å². The Morgan fingerprint density at radius 3 is 2.41 bits per heavy atom. The Labute approximate surface area is 195 Å². The molecule has 182 valence electrons. The zero-order valence-corrected chi connectivity index (χ0v) is 19.1. The molecule has 1 saturated carbocycles. The lowest BCUT2D eigenvalue weighted by molar-refractivity contribution is -0.274. The monoisotopic (exact) mass is 476 g/mol. The molecule has 34 heavy (non-hydrogen) atoms. The summed E-state index contributed by atoms with van der Waals surface area (Å²) < 4.78 is 41.2. The quantitative estimate of drug-likeness (QED) is 0.560. The number of aromatic nitrogens is 1. The zero-order chi connectivity index (χ0) is 24.5. The summed E-state index contributed by atoms with van der Waals surface area (Å²) in [6, 6.07) is 8.18. The van der Waals surface area contributed by atoms with E-state index >= 15 is 0 Å². The molecule has 2 aromatic rings. The van der Waals surface area contributed by atoms with Crippen LogP contribution in [0.2, 0.25) is 0 Å². The number of pyridine rings is 1. The van der Waals surface area contributed by atoms with Gasteiger partial charge in [-0.25, -0.2) is 14.7 Å². The standard InChI is InChI=1S/C24H27F3N4O3/c1-23(2)21(32)31(18-8-10-19(11-9-18)34-24(25,26)27)22(33)30(23)15-16-12-13-28-20(14-16)29-17-6-4-3-5-7-17/h8-14,17H,3-7,15H2,1-2H3,(H,28,29). The van der Waals surface area contributed by atoms with Gasteiger partial charge in [0.2, 0.25) is 0 Å². The van der Waals surface area contributed by atoms with E-state index in [0.717, 1.165) is 41.3 Å². The normalized spacial score (nSPS) is 19.0. The van der Waals surface area contributed by atoms with Crippen LogP contribution in [0.3, 0.4) is 0 Å². The molecule has 7 nitrogen and oxygen atoms in total. The number of urea groups is 1. The molecule has 2 aliphatic rings. The Hall–Kier alpha value is -3.30. The Bertz CT molecular complexity index is 1050. The van der Waals surface area contributed by atoms with E-state index < -0.39 is 29.6 Å². The molecule has 1 aliphatic heterocycles. The van der Waals surface area contributed by atoms with Crippen LogP contribution in [0.1, 0.15) is 51.5 Å². The number of hydrogen-bond acceptors (Lipinski definition) is 5. The lowest BCUT2D eigenvalue weighted by atomic mass is 9.95. The molecule has 0 atom stereocenters. The second kappa shape index (κ2) is 9.15. The van der Waals surface area contributed by atoms with Gasteiger partial charge in [-0.2, -0.15) is 0 Å². The summed E-state index contributed by atoms with van der Waals surface area (Å²) in [6.07, 6.45) is 2.67. The minimum atomic E-state index is -4.82. The number of hydrogen-bond donors (Lipinski definition) is 1. The number of nitrogens with one attached hydrogen (secondary N) is 1. The van der Waals surface area contributed by atoms with E-state index in [-0.39, 0.29) is 12.2 Å². The van der Waals surface area contributed by atoms with Crippen molar-refractivity contribution in [2.24, 2.45) is 0 Å². The molecule has 1 aromatic carbocycles. The number of amides is 3. The van der Waals surface area contributed by atoms with E-state index in [0.29, 0.717) is 6.04 Å². The van der Waals surface area contributed by atoms with Crippen molar-refractivity contribution in [1.82, 2.24) is 9.88 Å². The minimum absolute atomic E-state index is 0.175. The largest absolute Gasteiger partial charge is 0.573 e. The first-order valence-corrected chi connectivity index (χ1v) is 11.3. The van der Waals surface area contributed by atoms with Crippen molar-refractivity contribution in [1.29, 1.82) is 0 Å². The molecule has 0 spiro atoms. The van der Waals surface area contributed by atoms with Crippen LogP contribution >= 0.6 is 0 Å². The number of imide groups is 1. The predicted octanol–water partition coefficient (Wildman–Crippen LogP) is 5.47. The number of rotatable bonds is 6. The third-order valence-electron chi connectivity index (χ3n) is 6.27. The van der Waals surface area contributed by atoms with Crippen LogP contribution < -0.4 is 15.0 Å². The third kappa shape index (κ3) is 5.10. The van der Waals surface area contributed by atoms with Gasteiger partial charge in [0.15, 0.2) is 0 Å².